The molecular weight excluding hydrogens is 488 g/mol. The second kappa shape index (κ2) is 14.4. The summed E-state index contributed by atoms with van der Waals surface area (Å²) in [4.78, 5) is 29.3. The topological polar surface area (TPSA) is 88.5 Å². The molecule has 1 heterocycles. The molecule has 0 radical (unpaired) electrons. The van der Waals surface area contributed by atoms with Crippen LogP contribution >= 0.6 is 0 Å². The van der Waals surface area contributed by atoms with Crippen LogP contribution in [0, 0.1) is 5.41 Å². The molecule has 6 heteroatoms. The van der Waals surface area contributed by atoms with Crippen molar-refractivity contribution in [3.05, 3.63) is 95.3 Å². The standard InChI is InChI=1S/C33H38N2O4/c36-31(24-33(32(37)38)20-6-2-7-21-33)35-29-16-9-14-27(23-29)18-19-28-15-10-17-30(34-28)25-39-22-8-5-13-26-11-3-1-4-12-26/h1,3-4,9-12,14-19,23H,2,5-8,13,20-22,24-25H2,(H,35,36)(H,37,38)/b19-18+. The Labute approximate surface area is 231 Å². The van der Waals surface area contributed by atoms with Crippen LogP contribution in [0.1, 0.15) is 73.9 Å². The van der Waals surface area contributed by atoms with Crippen LogP contribution in [0.5, 0.6) is 0 Å². The number of hydrogen-bond acceptors (Lipinski definition) is 4. The van der Waals surface area contributed by atoms with Gasteiger partial charge in [-0.05, 0) is 73.6 Å². The summed E-state index contributed by atoms with van der Waals surface area (Å²) in [5.74, 6) is -1.12. The highest BCUT2D eigenvalue weighted by Gasteiger charge is 2.41. The van der Waals surface area contributed by atoms with Crippen molar-refractivity contribution in [2.45, 2.75) is 64.4 Å². The van der Waals surface area contributed by atoms with Crippen molar-refractivity contribution in [2.75, 3.05) is 11.9 Å². The van der Waals surface area contributed by atoms with Gasteiger partial charge in [0.25, 0.3) is 0 Å². The molecule has 0 saturated heterocycles. The molecule has 3 aromatic rings. The van der Waals surface area contributed by atoms with E-state index in [0.717, 1.165) is 55.5 Å². The first kappa shape index (κ1) is 28.2. The Kier molecular flexibility index (Phi) is 10.4. The van der Waals surface area contributed by atoms with E-state index in [0.29, 0.717) is 31.7 Å². The molecule has 6 nitrogen and oxygen atoms in total. The van der Waals surface area contributed by atoms with E-state index in [4.69, 9.17) is 4.74 Å². The lowest BCUT2D eigenvalue weighted by atomic mass is 9.71. The lowest BCUT2D eigenvalue weighted by Crippen LogP contribution is -2.37. The average Bonchev–Trinajstić information content (AvgIpc) is 2.95. The highest BCUT2D eigenvalue weighted by Crippen LogP contribution is 2.39. The first-order valence-electron chi connectivity index (χ1n) is 13.9. The van der Waals surface area contributed by atoms with Crippen LogP contribution in [0.25, 0.3) is 12.2 Å². The van der Waals surface area contributed by atoms with E-state index in [-0.39, 0.29) is 12.3 Å². The molecule has 1 aliphatic carbocycles. The van der Waals surface area contributed by atoms with Gasteiger partial charge in [0.1, 0.15) is 0 Å². The van der Waals surface area contributed by atoms with Gasteiger partial charge in [0.15, 0.2) is 0 Å². The van der Waals surface area contributed by atoms with Gasteiger partial charge in [-0.1, -0.05) is 73.9 Å². The molecule has 204 valence electrons. The van der Waals surface area contributed by atoms with E-state index in [1.807, 2.05) is 60.7 Å². The van der Waals surface area contributed by atoms with Crippen molar-refractivity contribution < 1.29 is 19.4 Å². The summed E-state index contributed by atoms with van der Waals surface area (Å²) < 4.78 is 5.84. The van der Waals surface area contributed by atoms with Crippen molar-refractivity contribution in [2.24, 2.45) is 5.41 Å². The van der Waals surface area contributed by atoms with Crippen LogP contribution in [0.2, 0.25) is 0 Å². The van der Waals surface area contributed by atoms with Crippen molar-refractivity contribution in [3.63, 3.8) is 0 Å². The van der Waals surface area contributed by atoms with Crippen molar-refractivity contribution in [1.29, 1.82) is 0 Å². The summed E-state index contributed by atoms with van der Waals surface area (Å²) in [6.07, 6.45) is 10.9. The number of amides is 1. The van der Waals surface area contributed by atoms with E-state index in [2.05, 4.69) is 34.6 Å². The number of hydrogen-bond donors (Lipinski definition) is 2. The van der Waals surface area contributed by atoms with Crippen LogP contribution in [0.15, 0.2) is 72.8 Å². The van der Waals surface area contributed by atoms with Gasteiger partial charge in [0.05, 0.1) is 23.4 Å². The van der Waals surface area contributed by atoms with Gasteiger partial charge in [-0.25, -0.2) is 0 Å². The predicted octanol–water partition coefficient (Wildman–Crippen LogP) is 7.16. The number of ether oxygens (including phenoxy) is 1. The van der Waals surface area contributed by atoms with Gasteiger partial charge < -0.3 is 15.2 Å². The molecule has 1 aliphatic rings. The zero-order valence-corrected chi connectivity index (χ0v) is 22.5. The molecule has 1 amide bonds. The minimum Gasteiger partial charge on any atom is -0.481 e. The highest BCUT2D eigenvalue weighted by molar-refractivity contribution is 5.94. The summed E-state index contributed by atoms with van der Waals surface area (Å²) in [5.41, 5.74) is 3.70. The number of rotatable bonds is 13. The summed E-state index contributed by atoms with van der Waals surface area (Å²) in [5, 5.41) is 12.7. The number of carboxylic acids is 1. The number of nitrogens with zero attached hydrogens (tertiary/aromatic N) is 1. The Morgan fingerprint density at radius 1 is 0.923 bits per heavy atom. The molecule has 1 fully saturated rings. The summed E-state index contributed by atoms with van der Waals surface area (Å²) in [6.45, 7) is 1.19. The Bertz CT molecular complexity index is 1250. The fraction of sp³-hybridized carbons (Fsp3) is 0.364. The summed E-state index contributed by atoms with van der Waals surface area (Å²) in [7, 11) is 0. The smallest absolute Gasteiger partial charge is 0.310 e. The Hall–Kier alpha value is -3.77. The maximum Gasteiger partial charge on any atom is 0.310 e. The molecule has 4 rings (SSSR count). The number of carboxylic acid groups (broad SMARTS) is 1. The highest BCUT2D eigenvalue weighted by atomic mass is 16.5. The number of aromatic nitrogens is 1. The maximum atomic E-state index is 12.7. The van der Waals surface area contributed by atoms with Gasteiger partial charge in [-0.15, -0.1) is 0 Å². The van der Waals surface area contributed by atoms with Crippen LogP contribution in [0.4, 0.5) is 5.69 Å². The molecule has 2 N–H and O–H groups in total. The monoisotopic (exact) mass is 526 g/mol. The fourth-order valence-electron chi connectivity index (χ4n) is 5.14. The van der Waals surface area contributed by atoms with Gasteiger partial charge in [-0.2, -0.15) is 0 Å². The van der Waals surface area contributed by atoms with Gasteiger partial charge in [-0.3, -0.25) is 14.6 Å². The minimum absolute atomic E-state index is 0.00814. The van der Waals surface area contributed by atoms with Crippen LogP contribution < -0.4 is 5.32 Å². The van der Waals surface area contributed by atoms with Gasteiger partial charge in [0.2, 0.25) is 5.91 Å². The third kappa shape index (κ3) is 8.89. The SMILES string of the molecule is O=C(CC1(C(=O)O)CCCCC1)Nc1cccc(/C=C/c2cccc(COCCCCc3ccccc3)n2)c1. The number of unbranched alkanes of at least 4 members (excludes halogenated alkanes) is 1. The van der Waals surface area contributed by atoms with Crippen LogP contribution in [0.3, 0.4) is 0 Å². The molecule has 0 unspecified atom stereocenters. The molecule has 39 heavy (non-hydrogen) atoms. The Morgan fingerprint density at radius 3 is 2.51 bits per heavy atom. The third-order valence-electron chi connectivity index (χ3n) is 7.31. The normalized spacial score (nSPS) is 14.8. The van der Waals surface area contributed by atoms with Crippen molar-refractivity contribution in [1.82, 2.24) is 4.98 Å². The number of pyridine rings is 1. The lowest BCUT2D eigenvalue weighted by Gasteiger charge is -2.32. The molecule has 2 aromatic carbocycles. The number of nitrogens with one attached hydrogen (secondary N) is 1. The third-order valence-corrected chi connectivity index (χ3v) is 7.31. The van der Waals surface area contributed by atoms with Crippen LogP contribution in [-0.2, 0) is 27.4 Å². The minimum atomic E-state index is -0.942. The van der Waals surface area contributed by atoms with E-state index >= 15 is 0 Å². The Balaban J connectivity index is 1.25. The summed E-state index contributed by atoms with van der Waals surface area (Å²) in [6, 6.07) is 23.9. The number of carbonyl (C=O) groups excluding carboxylic acids is 1. The first-order chi connectivity index (χ1) is 19.0. The second-order valence-electron chi connectivity index (χ2n) is 10.4. The molecule has 0 atom stereocenters. The summed E-state index contributed by atoms with van der Waals surface area (Å²) >= 11 is 0. The van der Waals surface area contributed by atoms with Crippen molar-refractivity contribution in [3.8, 4) is 0 Å². The van der Waals surface area contributed by atoms with Crippen LogP contribution in [-0.4, -0.2) is 28.6 Å². The zero-order valence-electron chi connectivity index (χ0n) is 22.5. The molecule has 0 aliphatic heterocycles. The maximum absolute atomic E-state index is 12.7. The van der Waals surface area contributed by atoms with Gasteiger partial charge >= 0.3 is 5.97 Å². The fourth-order valence-corrected chi connectivity index (χ4v) is 5.14. The quantitative estimate of drug-likeness (QED) is 0.231. The molecule has 0 spiro atoms. The number of carbonyl (C=O) groups is 2. The molecule has 1 aromatic heterocycles. The molecule has 0 bridgehead atoms. The van der Waals surface area contributed by atoms with Gasteiger partial charge in [0, 0.05) is 18.7 Å². The Morgan fingerprint density at radius 2 is 1.72 bits per heavy atom. The first-order valence-corrected chi connectivity index (χ1v) is 13.9. The number of benzene rings is 2. The second-order valence-corrected chi connectivity index (χ2v) is 10.4. The number of aliphatic carboxylic acids is 1. The van der Waals surface area contributed by atoms with E-state index in [1.54, 1.807) is 0 Å². The predicted molar refractivity (Wildman–Crippen MR) is 155 cm³/mol. The molecular formula is C33H38N2O4. The largest absolute Gasteiger partial charge is 0.481 e. The molecule has 1 saturated carbocycles. The van der Waals surface area contributed by atoms with E-state index in [9.17, 15) is 14.7 Å². The number of anilines is 1. The van der Waals surface area contributed by atoms with E-state index in [1.165, 1.54) is 5.56 Å². The van der Waals surface area contributed by atoms with E-state index < -0.39 is 11.4 Å². The number of aryl methyl sites for hydroxylation is 1. The lowest BCUT2D eigenvalue weighted by molar-refractivity contribution is -0.153. The zero-order chi connectivity index (χ0) is 27.3. The average molecular weight is 527 g/mol. The van der Waals surface area contributed by atoms with Crippen molar-refractivity contribution >= 4 is 29.7 Å².